The Kier molecular flexibility index (Phi) is 5.73. The molecule has 1 aromatic rings. The standard InChI is InChI=1S/C20H30N2O4/c1-4-26-18-6-5-16(9-19(18)25-3)10-21-11-17-7-8-22(15(2)24)13-20(17,12-21)14-23/h5-6,9,17,23H,4,7-8,10-14H2,1-3H3. The third kappa shape index (κ3) is 3.67. The first-order valence-electron chi connectivity index (χ1n) is 9.39. The predicted molar refractivity (Wildman–Crippen MR) is 99.3 cm³/mol. The van der Waals surface area contributed by atoms with Gasteiger partial charge in [-0.15, -0.1) is 0 Å². The van der Waals surface area contributed by atoms with Crippen LogP contribution in [0.1, 0.15) is 25.8 Å². The first-order chi connectivity index (χ1) is 12.5. The van der Waals surface area contributed by atoms with Crippen molar-refractivity contribution in [3.05, 3.63) is 23.8 Å². The monoisotopic (exact) mass is 362 g/mol. The molecule has 144 valence electrons. The minimum atomic E-state index is -0.195. The molecule has 0 radical (unpaired) electrons. The van der Waals surface area contributed by atoms with Gasteiger partial charge < -0.3 is 19.5 Å². The van der Waals surface area contributed by atoms with E-state index in [9.17, 15) is 9.90 Å². The molecule has 6 heteroatoms. The lowest BCUT2D eigenvalue weighted by Crippen LogP contribution is -2.52. The fourth-order valence-corrected chi connectivity index (χ4v) is 4.45. The molecule has 2 aliphatic heterocycles. The molecule has 2 heterocycles. The van der Waals surface area contributed by atoms with Gasteiger partial charge in [-0.3, -0.25) is 9.69 Å². The highest BCUT2D eigenvalue weighted by Crippen LogP contribution is 2.42. The Hall–Kier alpha value is -1.79. The number of nitrogens with zero attached hydrogens (tertiary/aromatic N) is 2. The van der Waals surface area contributed by atoms with E-state index >= 15 is 0 Å². The van der Waals surface area contributed by atoms with Crippen LogP contribution in [0.3, 0.4) is 0 Å². The van der Waals surface area contributed by atoms with Gasteiger partial charge in [0.05, 0.1) is 20.3 Å². The number of benzene rings is 1. The van der Waals surface area contributed by atoms with Crippen molar-refractivity contribution >= 4 is 5.91 Å². The maximum absolute atomic E-state index is 11.8. The van der Waals surface area contributed by atoms with Gasteiger partial charge >= 0.3 is 0 Å². The SMILES string of the molecule is CCOc1ccc(CN2CC3CCN(C(C)=O)CC3(CO)C2)cc1OC. The summed E-state index contributed by atoms with van der Waals surface area (Å²) >= 11 is 0. The number of carbonyl (C=O) groups is 1. The molecule has 2 atom stereocenters. The van der Waals surface area contributed by atoms with Gasteiger partial charge in [-0.1, -0.05) is 6.07 Å². The molecule has 2 saturated heterocycles. The number of methoxy groups -OCH3 is 1. The van der Waals surface area contributed by atoms with Gasteiger partial charge in [0.25, 0.3) is 0 Å². The van der Waals surface area contributed by atoms with Crippen LogP contribution >= 0.6 is 0 Å². The highest BCUT2D eigenvalue weighted by atomic mass is 16.5. The smallest absolute Gasteiger partial charge is 0.219 e. The summed E-state index contributed by atoms with van der Waals surface area (Å²) in [5, 5.41) is 10.1. The highest BCUT2D eigenvalue weighted by Gasteiger charge is 2.49. The summed E-state index contributed by atoms with van der Waals surface area (Å²) in [6.07, 6.45) is 0.962. The number of ether oxygens (including phenoxy) is 2. The number of hydrogen-bond donors (Lipinski definition) is 1. The maximum Gasteiger partial charge on any atom is 0.219 e. The van der Waals surface area contributed by atoms with Gasteiger partial charge in [0, 0.05) is 45.1 Å². The second kappa shape index (κ2) is 7.84. The molecule has 2 aliphatic rings. The Morgan fingerprint density at radius 2 is 2.15 bits per heavy atom. The summed E-state index contributed by atoms with van der Waals surface area (Å²) in [5.74, 6) is 2.05. The van der Waals surface area contributed by atoms with Crippen molar-refractivity contribution in [2.45, 2.75) is 26.8 Å². The maximum atomic E-state index is 11.8. The first-order valence-corrected chi connectivity index (χ1v) is 9.39. The van der Waals surface area contributed by atoms with Crippen LogP contribution in [0.5, 0.6) is 11.5 Å². The fraction of sp³-hybridized carbons (Fsp3) is 0.650. The second-order valence-corrected chi connectivity index (χ2v) is 7.53. The van der Waals surface area contributed by atoms with Crippen LogP contribution in [0.25, 0.3) is 0 Å². The number of likely N-dealkylation sites (tertiary alicyclic amines) is 2. The summed E-state index contributed by atoms with van der Waals surface area (Å²) in [6.45, 7) is 8.34. The minimum absolute atomic E-state index is 0.103. The van der Waals surface area contributed by atoms with Crippen molar-refractivity contribution in [1.82, 2.24) is 9.80 Å². The third-order valence-electron chi connectivity index (χ3n) is 5.83. The van der Waals surface area contributed by atoms with Crippen molar-refractivity contribution in [2.75, 3.05) is 46.5 Å². The third-order valence-corrected chi connectivity index (χ3v) is 5.83. The summed E-state index contributed by atoms with van der Waals surface area (Å²) in [4.78, 5) is 16.1. The average molecular weight is 362 g/mol. The molecule has 3 rings (SSSR count). The first kappa shape index (κ1) is 19.0. The van der Waals surface area contributed by atoms with Crippen LogP contribution in [0.15, 0.2) is 18.2 Å². The number of amides is 1. The van der Waals surface area contributed by atoms with Crippen molar-refractivity contribution in [2.24, 2.45) is 11.3 Å². The zero-order valence-electron chi connectivity index (χ0n) is 16.0. The number of aliphatic hydroxyl groups is 1. The number of fused-ring (bicyclic) bond motifs is 1. The van der Waals surface area contributed by atoms with Crippen LogP contribution in [0.4, 0.5) is 0 Å². The molecule has 1 aromatic carbocycles. The molecule has 6 nitrogen and oxygen atoms in total. The van der Waals surface area contributed by atoms with Crippen molar-refractivity contribution in [3.63, 3.8) is 0 Å². The molecule has 0 spiro atoms. The second-order valence-electron chi connectivity index (χ2n) is 7.53. The topological polar surface area (TPSA) is 62.2 Å². The number of aliphatic hydroxyl groups excluding tert-OH is 1. The minimum Gasteiger partial charge on any atom is -0.493 e. The molecule has 0 aromatic heterocycles. The molecular formula is C20H30N2O4. The Morgan fingerprint density at radius 3 is 2.81 bits per heavy atom. The fourth-order valence-electron chi connectivity index (χ4n) is 4.45. The summed E-state index contributed by atoms with van der Waals surface area (Å²) in [5.41, 5.74) is 0.972. The average Bonchev–Trinajstić information content (AvgIpc) is 3.00. The number of hydrogen-bond acceptors (Lipinski definition) is 5. The van der Waals surface area contributed by atoms with Crippen LogP contribution in [0.2, 0.25) is 0 Å². The van der Waals surface area contributed by atoms with E-state index in [4.69, 9.17) is 9.47 Å². The number of carbonyl (C=O) groups excluding carboxylic acids is 1. The molecule has 0 saturated carbocycles. The van der Waals surface area contributed by atoms with E-state index in [-0.39, 0.29) is 17.9 Å². The van der Waals surface area contributed by atoms with Gasteiger partial charge in [0.15, 0.2) is 11.5 Å². The summed E-state index contributed by atoms with van der Waals surface area (Å²) < 4.78 is 11.0. The molecule has 2 fully saturated rings. The lowest BCUT2D eigenvalue weighted by Gasteiger charge is -2.42. The molecule has 2 unspecified atom stereocenters. The van der Waals surface area contributed by atoms with Crippen molar-refractivity contribution in [3.8, 4) is 11.5 Å². The van der Waals surface area contributed by atoms with E-state index in [1.54, 1.807) is 14.0 Å². The van der Waals surface area contributed by atoms with Gasteiger partial charge in [-0.25, -0.2) is 0 Å². The van der Waals surface area contributed by atoms with Crippen LogP contribution in [0, 0.1) is 11.3 Å². The largest absolute Gasteiger partial charge is 0.493 e. The molecule has 26 heavy (non-hydrogen) atoms. The number of piperidine rings is 1. The lowest BCUT2D eigenvalue weighted by atomic mass is 9.74. The highest BCUT2D eigenvalue weighted by molar-refractivity contribution is 5.73. The Bertz CT molecular complexity index is 651. The van der Waals surface area contributed by atoms with Crippen LogP contribution in [-0.4, -0.2) is 67.3 Å². The van der Waals surface area contributed by atoms with E-state index in [0.717, 1.165) is 44.1 Å². The molecule has 1 amide bonds. The lowest BCUT2D eigenvalue weighted by molar-refractivity contribution is -0.134. The Labute approximate surface area is 155 Å². The van der Waals surface area contributed by atoms with E-state index in [1.165, 1.54) is 5.56 Å². The molecular weight excluding hydrogens is 332 g/mol. The Morgan fingerprint density at radius 1 is 1.35 bits per heavy atom. The molecule has 0 bridgehead atoms. The molecule has 1 N–H and O–H groups in total. The van der Waals surface area contributed by atoms with Crippen molar-refractivity contribution in [1.29, 1.82) is 0 Å². The van der Waals surface area contributed by atoms with Gasteiger partial charge in [-0.2, -0.15) is 0 Å². The van der Waals surface area contributed by atoms with E-state index < -0.39 is 0 Å². The van der Waals surface area contributed by atoms with Gasteiger partial charge in [0.1, 0.15) is 0 Å². The van der Waals surface area contributed by atoms with Gasteiger partial charge in [-0.05, 0) is 37.0 Å². The van der Waals surface area contributed by atoms with Crippen molar-refractivity contribution < 1.29 is 19.4 Å². The Balaban J connectivity index is 1.71. The van der Waals surface area contributed by atoms with Crippen LogP contribution < -0.4 is 9.47 Å². The van der Waals surface area contributed by atoms with E-state index in [1.807, 2.05) is 24.0 Å². The number of rotatable bonds is 6. The molecule has 0 aliphatic carbocycles. The normalized spacial score (nSPS) is 25.8. The predicted octanol–water partition coefficient (Wildman–Crippen LogP) is 1.76. The summed E-state index contributed by atoms with van der Waals surface area (Å²) in [7, 11) is 1.66. The van der Waals surface area contributed by atoms with E-state index in [0.29, 0.717) is 19.1 Å². The van der Waals surface area contributed by atoms with Gasteiger partial charge in [0.2, 0.25) is 5.91 Å². The van der Waals surface area contributed by atoms with E-state index in [2.05, 4.69) is 11.0 Å². The zero-order chi connectivity index (χ0) is 18.7. The van der Waals surface area contributed by atoms with Crippen LogP contribution in [-0.2, 0) is 11.3 Å². The summed E-state index contributed by atoms with van der Waals surface area (Å²) in [6, 6.07) is 6.06. The zero-order valence-corrected chi connectivity index (χ0v) is 16.0. The quantitative estimate of drug-likeness (QED) is 0.835.